The second kappa shape index (κ2) is 3.84. The largest absolute Gasteiger partial charge is 0.481 e. The third kappa shape index (κ3) is 2.50. The average molecular weight is 223 g/mol. The fourth-order valence-corrected chi connectivity index (χ4v) is 1.75. The molecule has 0 radical (unpaired) electrons. The van der Waals surface area contributed by atoms with Crippen LogP contribution in [0.25, 0.3) is 0 Å². The molecule has 15 heavy (non-hydrogen) atoms. The quantitative estimate of drug-likeness (QED) is 0.665. The SMILES string of the molecule is C/C(=C1/C[C@H](C(=O)O)CC1N)C(F)(F)F. The summed E-state index contributed by atoms with van der Waals surface area (Å²) in [5, 5.41) is 8.67. The molecule has 0 aromatic rings. The van der Waals surface area contributed by atoms with Crippen LogP contribution in [0, 0.1) is 5.92 Å². The Morgan fingerprint density at radius 2 is 2.07 bits per heavy atom. The van der Waals surface area contributed by atoms with E-state index in [4.69, 9.17) is 10.8 Å². The van der Waals surface area contributed by atoms with Crippen molar-refractivity contribution >= 4 is 5.97 Å². The van der Waals surface area contributed by atoms with Crippen LogP contribution < -0.4 is 5.73 Å². The Kier molecular flexibility index (Phi) is 3.08. The van der Waals surface area contributed by atoms with Crippen LogP contribution in [0.15, 0.2) is 11.1 Å². The Morgan fingerprint density at radius 3 is 2.40 bits per heavy atom. The molecule has 0 amide bonds. The van der Waals surface area contributed by atoms with Gasteiger partial charge in [-0.15, -0.1) is 0 Å². The minimum Gasteiger partial charge on any atom is -0.481 e. The van der Waals surface area contributed by atoms with E-state index in [0.717, 1.165) is 6.92 Å². The predicted molar refractivity (Wildman–Crippen MR) is 47.1 cm³/mol. The summed E-state index contributed by atoms with van der Waals surface area (Å²) in [4.78, 5) is 10.6. The maximum atomic E-state index is 12.3. The number of rotatable bonds is 1. The molecule has 0 heterocycles. The summed E-state index contributed by atoms with van der Waals surface area (Å²) in [6, 6.07) is -0.785. The van der Waals surface area contributed by atoms with Crippen LogP contribution in [0.1, 0.15) is 19.8 Å². The number of carbonyl (C=O) groups is 1. The Labute approximate surface area is 84.8 Å². The smallest absolute Gasteiger partial charge is 0.412 e. The molecule has 0 aromatic heterocycles. The van der Waals surface area contributed by atoms with Crippen LogP contribution in [-0.4, -0.2) is 23.3 Å². The summed E-state index contributed by atoms with van der Waals surface area (Å²) in [5.41, 5.74) is 4.76. The van der Waals surface area contributed by atoms with E-state index < -0.39 is 29.7 Å². The van der Waals surface area contributed by atoms with Crippen LogP contribution in [0.2, 0.25) is 0 Å². The summed E-state index contributed by atoms with van der Waals surface area (Å²) in [6.07, 6.45) is -4.43. The first-order valence-electron chi connectivity index (χ1n) is 4.48. The molecule has 0 aromatic carbocycles. The molecule has 3 nitrogen and oxygen atoms in total. The van der Waals surface area contributed by atoms with Gasteiger partial charge in [-0.2, -0.15) is 13.2 Å². The average Bonchev–Trinajstić information content (AvgIpc) is 2.44. The van der Waals surface area contributed by atoms with E-state index in [1.807, 2.05) is 0 Å². The molecule has 1 fully saturated rings. The molecule has 1 saturated carbocycles. The van der Waals surface area contributed by atoms with Gasteiger partial charge in [-0.05, 0) is 25.3 Å². The molecular formula is C9H12F3NO2. The number of aliphatic carboxylic acids is 1. The number of alkyl halides is 3. The van der Waals surface area contributed by atoms with Crippen LogP contribution in [0.3, 0.4) is 0 Å². The van der Waals surface area contributed by atoms with Crippen molar-refractivity contribution in [3.05, 3.63) is 11.1 Å². The molecular weight excluding hydrogens is 211 g/mol. The zero-order chi connectivity index (χ0) is 11.8. The van der Waals surface area contributed by atoms with Crippen molar-refractivity contribution in [1.29, 1.82) is 0 Å². The van der Waals surface area contributed by atoms with Gasteiger partial charge < -0.3 is 10.8 Å². The summed E-state index contributed by atoms with van der Waals surface area (Å²) >= 11 is 0. The van der Waals surface area contributed by atoms with Crippen LogP contribution >= 0.6 is 0 Å². The van der Waals surface area contributed by atoms with Crippen molar-refractivity contribution in [3.63, 3.8) is 0 Å². The molecule has 0 saturated heterocycles. The maximum Gasteiger partial charge on any atom is 0.412 e. The minimum absolute atomic E-state index is 0.0231. The number of nitrogens with two attached hydrogens (primary N) is 1. The van der Waals surface area contributed by atoms with Gasteiger partial charge in [0.1, 0.15) is 0 Å². The van der Waals surface area contributed by atoms with E-state index in [1.54, 1.807) is 0 Å². The monoisotopic (exact) mass is 223 g/mol. The Balaban J connectivity index is 2.94. The minimum atomic E-state index is -4.42. The number of hydrogen-bond acceptors (Lipinski definition) is 2. The molecule has 0 spiro atoms. The van der Waals surface area contributed by atoms with Crippen molar-refractivity contribution in [2.24, 2.45) is 11.7 Å². The molecule has 1 unspecified atom stereocenters. The highest BCUT2D eigenvalue weighted by Gasteiger charge is 2.39. The first-order valence-corrected chi connectivity index (χ1v) is 4.48. The van der Waals surface area contributed by atoms with E-state index in [-0.39, 0.29) is 18.4 Å². The van der Waals surface area contributed by atoms with Gasteiger partial charge in [0.25, 0.3) is 0 Å². The van der Waals surface area contributed by atoms with E-state index in [2.05, 4.69) is 0 Å². The number of allylic oxidation sites excluding steroid dienone is 1. The highest BCUT2D eigenvalue weighted by molar-refractivity contribution is 5.71. The Bertz CT molecular complexity index is 309. The number of carboxylic acids is 1. The van der Waals surface area contributed by atoms with Crippen molar-refractivity contribution in [2.75, 3.05) is 0 Å². The van der Waals surface area contributed by atoms with E-state index in [1.165, 1.54) is 0 Å². The van der Waals surface area contributed by atoms with Crippen molar-refractivity contribution in [3.8, 4) is 0 Å². The summed E-state index contributed by atoms with van der Waals surface area (Å²) < 4.78 is 37.0. The third-order valence-corrected chi connectivity index (χ3v) is 2.71. The van der Waals surface area contributed by atoms with E-state index in [9.17, 15) is 18.0 Å². The van der Waals surface area contributed by atoms with Gasteiger partial charge in [0.05, 0.1) is 5.92 Å². The van der Waals surface area contributed by atoms with Crippen molar-refractivity contribution < 1.29 is 23.1 Å². The van der Waals surface area contributed by atoms with Crippen molar-refractivity contribution in [2.45, 2.75) is 32.0 Å². The van der Waals surface area contributed by atoms with E-state index >= 15 is 0 Å². The second-order valence-corrected chi connectivity index (χ2v) is 3.73. The van der Waals surface area contributed by atoms with Gasteiger partial charge in [0, 0.05) is 11.6 Å². The molecule has 1 aliphatic rings. The lowest BCUT2D eigenvalue weighted by Crippen LogP contribution is -2.22. The summed E-state index contributed by atoms with van der Waals surface area (Å²) in [7, 11) is 0. The van der Waals surface area contributed by atoms with Gasteiger partial charge in [-0.3, -0.25) is 4.79 Å². The number of hydrogen-bond donors (Lipinski definition) is 2. The highest BCUT2D eigenvalue weighted by Crippen LogP contribution is 2.37. The van der Waals surface area contributed by atoms with Gasteiger partial charge in [0.2, 0.25) is 0 Å². The second-order valence-electron chi connectivity index (χ2n) is 3.73. The lowest BCUT2D eigenvalue weighted by Gasteiger charge is -2.13. The van der Waals surface area contributed by atoms with Gasteiger partial charge in [0.15, 0.2) is 0 Å². The van der Waals surface area contributed by atoms with Gasteiger partial charge >= 0.3 is 12.1 Å². The molecule has 6 heteroatoms. The van der Waals surface area contributed by atoms with Crippen molar-refractivity contribution in [1.82, 2.24) is 0 Å². The highest BCUT2D eigenvalue weighted by atomic mass is 19.4. The molecule has 1 rings (SSSR count). The lowest BCUT2D eigenvalue weighted by molar-refractivity contribution is -0.141. The van der Waals surface area contributed by atoms with Gasteiger partial charge in [-0.25, -0.2) is 0 Å². The molecule has 0 aliphatic heterocycles. The number of halogens is 3. The first-order chi connectivity index (χ1) is 6.73. The molecule has 3 N–H and O–H groups in total. The lowest BCUT2D eigenvalue weighted by atomic mass is 10.0. The molecule has 86 valence electrons. The van der Waals surface area contributed by atoms with Gasteiger partial charge in [-0.1, -0.05) is 0 Å². The fourth-order valence-electron chi connectivity index (χ4n) is 1.75. The first kappa shape index (κ1) is 12.0. The molecule has 2 atom stereocenters. The summed E-state index contributed by atoms with van der Waals surface area (Å²) in [5.74, 6) is -1.87. The zero-order valence-corrected chi connectivity index (χ0v) is 8.14. The fraction of sp³-hybridized carbons (Fsp3) is 0.667. The molecule has 0 bridgehead atoms. The maximum absolute atomic E-state index is 12.3. The third-order valence-electron chi connectivity index (χ3n) is 2.71. The van der Waals surface area contributed by atoms with Crippen LogP contribution in [-0.2, 0) is 4.79 Å². The zero-order valence-electron chi connectivity index (χ0n) is 8.14. The molecule has 1 aliphatic carbocycles. The predicted octanol–water partition coefficient (Wildman–Crippen LogP) is 1.69. The van der Waals surface area contributed by atoms with E-state index in [0.29, 0.717) is 0 Å². The number of carboxylic acid groups (broad SMARTS) is 1. The topological polar surface area (TPSA) is 63.3 Å². The Hall–Kier alpha value is -1.04. The standard InChI is InChI=1S/C9H12F3NO2/c1-4(9(10,11)12)6-2-5(8(14)15)3-7(6)13/h5,7H,2-3,13H2,1H3,(H,14,15)/b6-4+/t5-,7?/m0/s1. The van der Waals surface area contributed by atoms with Crippen LogP contribution in [0.5, 0.6) is 0 Å². The summed E-state index contributed by atoms with van der Waals surface area (Å²) in [6.45, 7) is 0.944. The Morgan fingerprint density at radius 1 is 1.53 bits per heavy atom. The normalized spacial score (nSPS) is 30.5. The van der Waals surface area contributed by atoms with Crippen LogP contribution in [0.4, 0.5) is 13.2 Å².